The molecule has 166 valence electrons. The molecule has 3 rings (SSSR count). The van der Waals surface area contributed by atoms with Crippen molar-refractivity contribution >= 4 is 27.7 Å². The third-order valence-corrected chi connectivity index (χ3v) is 7.20. The summed E-state index contributed by atoms with van der Waals surface area (Å²) in [5, 5.41) is 2.69. The first-order chi connectivity index (χ1) is 14.3. The van der Waals surface area contributed by atoms with Crippen LogP contribution in [0.3, 0.4) is 0 Å². The van der Waals surface area contributed by atoms with Gasteiger partial charge in [0.2, 0.25) is 21.8 Å². The van der Waals surface area contributed by atoms with Crippen LogP contribution < -0.4 is 10.2 Å². The quantitative estimate of drug-likeness (QED) is 0.646. The van der Waals surface area contributed by atoms with Gasteiger partial charge in [-0.25, -0.2) is 13.4 Å². The van der Waals surface area contributed by atoms with E-state index in [1.165, 1.54) is 10.5 Å². The summed E-state index contributed by atoms with van der Waals surface area (Å²) >= 11 is 0. The Hall–Kier alpha value is -2.24. The smallest absolute Gasteiger partial charge is 0.244 e. The number of amides is 2. The van der Waals surface area contributed by atoms with Crippen LogP contribution in [0.5, 0.6) is 0 Å². The number of rotatable bonds is 6. The van der Waals surface area contributed by atoms with Crippen molar-refractivity contribution in [1.29, 1.82) is 0 Å². The minimum Gasteiger partial charge on any atom is -0.379 e. The molecule has 2 aliphatic rings. The number of nitrogens with one attached hydrogen (secondary N) is 1. The highest BCUT2D eigenvalue weighted by atomic mass is 32.2. The van der Waals surface area contributed by atoms with Crippen LogP contribution in [0.4, 0.5) is 5.82 Å². The zero-order chi connectivity index (χ0) is 21.7. The van der Waals surface area contributed by atoms with E-state index in [1.807, 2.05) is 4.90 Å². The van der Waals surface area contributed by atoms with Crippen molar-refractivity contribution in [3.8, 4) is 0 Å². The zero-order valence-electron chi connectivity index (χ0n) is 17.4. The van der Waals surface area contributed by atoms with Crippen molar-refractivity contribution in [3.63, 3.8) is 0 Å². The van der Waals surface area contributed by atoms with E-state index in [9.17, 15) is 18.0 Å². The van der Waals surface area contributed by atoms with E-state index >= 15 is 0 Å². The lowest BCUT2D eigenvalue weighted by atomic mass is 10.2. The number of hydrogen-bond donors (Lipinski definition) is 1. The number of pyridine rings is 1. The maximum Gasteiger partial charge on any atom is 0.244 e. The number of carbonyl (C=O) groups excluding carboxylic acids is 2. The Morgan fingerprint density at radius 2 is 1.80 bits per heavy atom. The van der Waals surface area contributed by atoms with Gasteiger partial charge in [-0.2, -0.15) is 4.31 Å². The van der Waals surface area contributed by atoms with Crippen molar-refractivity contribution in [2.75, 3.05) is 57.4 Å². The van der Waals surface area contributed by atoms with Crippen LogP contribution in [-0.2, 0) is 24.3 Å². The Labute approximate surface area is 177 Å². The van der Waals surface area contributed by atoms with E-state index in [4.69, 9.17) is 4.74 Å². The third-order valence-electron chi connectivity index (χ3n) is 5.31. The van der Waals surface area contributed by atoms with E-state index in [0.29, 0.717) is 64.7 Å². The summed E-state index contributed by atoms with van der Waals surface area (Å²) in [4.78, 5) is 32.3. The highest BCUT2D eigenvalue weighted by molar-refractivity contribution is 7.89. The molecule has 11 heteroatoms. The van der Waals surface area contributed by atoms with E-state index in [2.05, 4.69) is 10.3 Å². The molecule has 0 saturated carbocycles. The van der Waals surface area contributed by atoms with Gasteiger partial charge in [-0.15, -0.1) is 0 Å². The Morgan fingerprint density at radius 3 is 2.37 bits per heavy atom. The number of sulfonamides is 1. The molecule has 2 fully saturated rings. The molecule has 0 bridgehead atoms. The van der Waals surface area contributed by atoms with Gasteiger partial charge in [-0.3, -0.25) is 9.59 Å². The van der Waals surface area contributed by atoms with Crippen LogP contribution in [0.2, 0.25) is 0 Å². The Morgan fingerprint density at radius 1 is 1.13 bits per heavy atom. The minimum absolute atomic E-state index is 0.101. The fourth-order valence-electron chi connectivity index (χ4n) is 3.48. The third kappa shape index (κ3) is 5.08. The number of aromatic nitrogens is 1. The lowest BCUT2D eigenvalue weighted by Gasteiger charge is -2.36. The monoisotopic (exact) mass is 439 g/mol. The number of anilines is 1. The Kier molecular flexibility index (Phi) is 7.27. The molecule has 2 aliphatic heterocycles. The van der Waals surface area contributed by atoms with Crippen molar-refractivity contribution in [2.45, 2.75) is 31.2 Å². The van der Waals surface area contributed by atoms with Crippen molar-refractivity contribution in [3.05, 3.63) is 18.3 Å². The average molecular weight is 440 g/mol. The first-order valence-corrected chi connectivity index (χ1v) is 11.6. The summed E-state index contributed by atoms with van der Waals surface area (Å²) in [5.41, 5.74) is 0. The predicted octanol–water partition coefficient (Wildman–Crippen LogP) is -0.334. The highest BCUT2D eigenvalue weighted by Crippen LogP contribution is 2.20. The summed E-state index contributed by atoms with van der Waals surface area (Å²) in [6.45, 7) is 7.12. The van der Waals surface area contributed by atoms with E-state index < -0.39 is 16.1 Å². The standard InChI is InChI=1S/C19H29N5O5S/c1-3-18(25)21-15(2)19(26)23-8-6-22(7-9-23)17-5-4-16(14-20-17)30(27,28)24-10-12-29-13-11-24/h4-5,14-15H,3,6-13H2,1-2H3,(H,21,25)/t15-/m1/s1. The van der Waals surface area contributed by atoms with Gasteiger partial charge in [0.05, 0.1) is 13.2 Å². The molecule has 2 saturated heterocycles. The van der Waals surface area contributed by atoms with Gasteiger partial charge in [-0.05, 0) is 19.1 Å². The molecule has 0 aromatic carbocycles. The molecule has 2 amide bonds. The molecule has 0 aliphatic carbocycles. The molecule has 1 atom stereocenters. The molecule has 3 heterocycles. The first kappa shape index (κ1) is 22.4. The highest BCUT2D eigenvalue weighted by Gasteiger charge is 2.28. The average Bonchev–Trinajstić information content (AvgIpc) is 2.79. The summed E-state index contributed by atoms with van der Waals surface area (Å²) in [6.07, 6.45) is 1.73. The van der Waals surface area contributed by atoms with Crippen LogP contribution >= 0.6 is 0 Å². The van der Waals surface area contributed by atoms with Gasteiger partial charge in [-0.1, -0.05) is 6.92 Å². The topological polar surface area (TPSA) is 112 Å². The largest absolute Gasteiger partial charge is 0.379 e. The molecule has 1 aromatic heterocycles. The minimum atomic E-state index is -3.57. The van der Waals surface area contributed by atoms with Gasteiger partial charge >= 0.3 is 0 Å². The van der Waals surface area contributed by atoms with Gasteiger partial charge in [0.1, 0.15) is 16.8 Å². The first-order valence-electron chi connectivity index (χ1n) is 10.2. The molecule has 0 spiro atoms. The van der Waals surface area contributed by atoms with Crippen LogP contribution in [0.25, 0.3) is 0 Å². The normalized spacial score (nSPS) is 19.4. The lowest BCUT2D eigenvalue weighted by Crippen LogP contribution is -2.54. The van der Waals surface area contributed by atoms with Crippen molar-refractivity contribution < 1.29 is 22.7 Å². The number of piperazine rings is 1. The maximum atomic E-state index is 12.7. The number of morpholine rings is 1. The second-order valence-electron chi connectivity index (χ2n) is 7.32. The molecule has 1 N–H and O–H groups in total. The van der Waals surface area contributed by atoms with Crippen LogP contribution in [0.1, 0.15) is 20.3 Å². The number of hydrogen-bond acceptors (Lipinski definition) is 7. The Bertz CT molecular complexity index is 847. The molecule has 0 unspecified atom stereocenters. The summed E-state index contributed by atoms with van der Waals surface area (Å²) in [5.74, 6) is 0.428. The summed E-state index contributed by atoms with van der Waals surface area (Å²) in [6, 6.07) is 2.73. The van der Waals surface area contributed by atoms with Crippen LogP contribution in [-0.4, -0.2) is 92.9 Å². The van der Waals surface area contributed by atoms with E-state index in [0.717, 1.165) is 0 Å². The van der Waals surface area contributed by atoms with Gasteiger partial charge in [0.25, 0.3) is 0 Å². The zero-order valence-corrected chi connectivity index (χ0v) is 18.2. The lowest BCUT2D eigenvalue weighted by molar-refractivity contribution is -0.136. The molecule has 0 radical (unpaired) electrons. The van der Waals surface area contributed by atoms with E-state index in [1.54, 1.807) is 30.9 Å². The van der Waals surface area contributed by atoms with Gasteiger partial charge in [0, 0.05) is 51.9 Å². The summed E-state index contributed by atoms with van der Waals surface area (Å²) < 4.78 is 32.0. The van der Waals surface area contributed by atoms with E-state index in [-0.39, 0.29) is 16.7 Å². The van der Waals surface area contributed by atoms with Gasteiger partial charge < -0.3 is 19.9 Å². The van der Waals surface area contributed by atoms with Crippen molar-refractivity contribution in [2.24, 2.45) is 0 Å². The predicted molar refractivity (Wildman–Crippen MR) is 111 cm³/mol. The van der Waals surface area contributed by atoms with Crippen molar-refractivity contribution in [1.82, 2.24) is 19.5 Å². The fraction of sp³-hybridized carbons (Fsp3) is 0.632. The fourth-order valence-corrected chi connectivity index (χ4v) is 4.84. The molecule has 30 heavy (non-hydrogen) atoms. The molecular formula is C19H29N5O5S. The SMILES string of the molecule is CCC(=O)N[C@H](C)C(=O)N1CCN(c2ccc(S(=O)(=O)N3CCOCC3)cn2)CC1. The molecular weight excluding hydrogens is 410 g/mol. The maximum absolute atomic E-state index is 12.7. The molecule has 1 aromatic rings. The number of ether oxygens (including phenoxy) is 1. The summed E-state index contributed by atoms with van der Waals surface area (Å²) in [7, 11) is -3.57. The molecule has 10 nitrogen and oxygen atoms in total. The van der Waals surface area contributed by atoms with Crippen LogP contribution in [0, 0.1) is 0 Å². The number of carbonyl (C=O) groups is 2. The number of nitrogens with zero attached hydrogens (tertiary/aromatic N) is 4. The second kappa shape index (κ2) is 9.71. The Balaban J connectivity index is 1.57. The second-order valence-corrected chi connectivity index (χ2v) is 9.26. The van der Waals surface area contributed by atoms with Crippen LogP contribution in [0.15, 0.2) is 23.2 Å². The van der Waals surface area contributed by atoms with Gasteiger partial charge in [0.15, 0.2) is 0 Å².